The Bertz CT molecular complexity index is 707. The third-order valence-electron chi connectivity index (χ3n) is 2.25. The lowest BCUT2D eigenvalue weighted by Crippen LogP contribution is -2.15. The zero-order chi connectivity index (χ0) is 14.9. The number of hydrogen-bond acceptors (Lipinski definition) is 3. The molecule has 0 aliphatic heterocycles. The van der Waals surface area contributed by atoms with Crippen LogP contribution in [0, 0.1) is 0 Å². The van der Waals surface area contributed by atoms with Crippen LogP contribution in [0.15, 0.2) is 23.0 Å². The highest BCUT2D eigenvalue weighted by molar-refractivity contribution is 6.31. The molecule has 20 heavy (non-hydrogen) atoms. The average molecular weight is 307 g/mol. The third kappa shape index (κ3) is 2.99. The molecule has 0 radical (unpaired) electrons. The van der Waals surface area contributed by atoms with Gasteiger partial charge in [-0.25, -0.2) is 9.89 Å². The normalized spacial score (nSPS) is 11.4. The summed E-state index contributed by atoms with van der Waals surface area (Å²) in [7, 11) is 0. The number of alkyl halides is 3. The van der Waals surface area contributed by atoms with Crippen LogP contribution < -0.4 is 11.0 Å². The maximum absolute atomic E-state index is 12.6. The van der Waals surface area contributed by atoms with Crippen molar-refractivity contribution in [2.75, 3.05) is 5.32 Å². The smallest absolute Gasteiger partial charge is 0.319 e. The number of aromatic nitrogens is 3. The van der Waals surface area contributed by atoms with Gasteiger partial charge >= 0.3 is 11.9 Å². The molecule has 106 valence electrons. The molecule has 0 fully saturated rings. The van der Waals surface area contributed by atoms with Crippen molar-refractivity contribution in [3.05, 3.63) is 45.1 Å². The number of hydrogen-bond donors (Lipinski definition) is 3. The zero-order valence-corrected chi connectivity index (χ0v) is 10.3. The van der Waals surface area contributed by atoms with Gasteiger partial charge in [0, 0.05) is 5.69 Å². The summed E-state index contributed by atoms with van der Waals surface area (Å²) in [4.78, 5) is 24.4. The van der Waals surface area contributed by atoms with Crippen LogP contribution in [0.25, 0.3) is 0 Å². The van der Waals surface area contributed by atoms with Gasteiger partial charge in [0.1, 0.15) is 0 Å². The van der Waals surface area contributed by atoms with Gasteiger partial charge in [0.15, 0.2) is 0 Å². The second kappa shape index (κ2) is 5.00. The Balaban J connectivity index is 2.26. The van der Waals surface area contributed by atoms with Crippen molar-refractivity contribution in [3.63, 3.8) is 0 Å². The molecule has 0 saturated heterocycles. The Morgan fingerprint density at radius 1 is 1.35 bits per heavy atom. The first-order chi connectivity index (χ1) is 9.27. The standard InChI is InChI=1S/C10H6ClF3N4O2/c11-6-2-1-4(3-5(6)10(12,13)14)15-8(19)7-16-9(20)18-17-7/h1-3H,(H,15,19)(H2,16,17,18,20). The Morgan fingerprint density at radius 3 is 2.60 bits per heavy atom. The maximum Gasteiger partial charge on any atom is 0.417 e. The SMILES string of the molecule is O=C(Nc1ccc(Cl)c(C(F)(F)F)c1)c1n[nH]c(=O)[nH]1. The molecular formula is C10H6ClF3N4O2. The number of carbonyl (C=O) groups is 1. The number of H-pyrrole nitrogens is 2. The van der Waals surface area contributed by atoms with E-state index in [-0.39, 0.29) is 11.5 Å². The van der Waals surface area contributed by atoms with Crippen LogP contribution in [0.1, 0.15) is 16.2 Å². The van der Waals surface area contributed by atoms with Crippen molar-refractivity contribution in [2.45, 2.75) is 6.18 Å². The number of carbonyl (C=O) groups excluding carboxylic acids is 1. The molecule has 1 heterocycles. The van der Waals surface area contributed by atoms with E-state index in [1.54, 1.807) is 0 Å². The van der Waals surface area contributed by atoms with Crippen LogP contribution in [0.3, 0.4) is 0 Å². The zero-order valence-electron chi connectivity index (χ0n) is 9.51. The fraction of sp³-hybridized carbons (Fsp3) is 0.100. The first-order valence-corrected chi connectivity index (χ1v) is 5.48. The fourth-order valence-corrected chi connectivity index (χ4v) is 1.61. The van der Waals surface area contributed by atoms with E-state index >= 15 is 0 Å². The second-order valence-electron chi connectivity index (χ2n) is 3.67. The van der Waals surface area contributed by atoms with Crippen molar-refractivity contribution >= 4 is 23.2 Å². The highest BCUT2D eigenvalue weighted by atomic mass is 35.5. The molecule has 2 rings (SSSR count). The van der Waals surface area contributed by atoms with Gasteiger partial charge in [-0.3, -0.25) is 9.78 Å². The summed E-state index contributed by atoms with van der Waals surface area (Å²) >= 11 is 5.44. The minimum absolute atomic E-state index is 0.129. The van der Waals surface area contributed by atoms with Gasteiger partial charge in [-0.15, -0.1) is 5.10 Å². The van der Waals surface area contributed by atoms with E-state index in [1.807, 2.05) is 5.10 Å². The first-order valence-electron chi connectivity index (χ1n) is 5.10. The van der Waals surface area contributed by atoms with Crippen LogP contribution in [-0.4, -0.2) is 21.1 Å². The van der Waals surface area contributed by atoms with Gasteiger partial charge in [0.25, 0.3) is 5.91 Å². The molecule has 1 amide bonds. The average Bonchev–Trinajstić information content (AvgIpc) is 2.77. The number of halogens is 4. The lowest BCUT2D eigenvalue weighted by Gasteiger charge is -2.11. The monoisotopic (exact) mass is 306 g/mol. The molecule has 0 saturated carbocycles. The highest BCUT2D eigenvalue weighted by Crippen LogP contribution is 2.36. The van der Waals surface area contributed by atoms with Crippen molar-refractivity contribution in [3.8, 4) is 0 Å². The third-order valence-corrected chi connectivity index (χ3v) is 2.58. The molecular weight excluding hydrogens is 301 g/mol. The van der Waals surface area contributed by atoms with E-state index in [4.69, 9.17) is 11.6 Å². The number of amides is 1. The minimum atomic E-state index is -4.64. The van der Waals surface area contributed by atoms with Crippen LogP contribution in [-0.2, 0) is 6.18 Å². The van der Waals surface area contributed by atoms with E-state index in [0.29, 0.717) is 6.07 Å². The number of rotatable bonds is 2. The first kappa shape index (κ1) is 14.1. The lowest BCUT2D eigenvalue weighted by molar-refractivity contribution is -0.137. The topological polar surface area (TPSA) is 90.6 Å². The number of nitrogens with zero attached hydrogens (tertiary/aromatic N) is 1. The molecule has 1 aromatic carbocycles. The van der Waals surface area contributed by atoms with E-state index < -0.39 is 28.4 Å². The van der Waals surface area contributed by atoms with Crippen molar-refractivity contribution in [1.82, 2.24) is 15.2 Å². The molecule has 3 N–H and O–H groups in total. The summed E-state index contributed by atoms with van der Waals surface area (Å²) in [6.45, 7) is 0. The molecule has 1 aromatic heterocycles. The van der Waals surface area contributed by atoms with Crippen molar-refractivity contribution in [2.24, 2.45) is 0 Å². The van der Waals surface area contributed by atoms with Gasteiger partial charge in [-0.1, -0.05) is 11.6 Å². The van der Waals surface area contributed by atoms with Crippen LogP contribution >= 0.6 is 11.6 Å². The van der Waals surface area contributed by atoms with E-state index in [2.05, 4.69) is 15.4 Å². The van der Waals surface area contributed by atoms with E-state index in [9.17, 15) is 22.8 Å². The predicted molar refractivity (Wildman–Crippen MR) is 63.6 cm³/mol. The van der Waals surface area contributed by atoms with Crippen molar-refractivity contribution in [1.29, 1.82) is 0 Å². The Morgan fingerprint density at radius 2 is 2.05 bits per heavy atom. The number of anilines is 1. The molecule has 0 unspecified atom stereocenters. The van der Waals surface area contributed by atoms with Crippen molar-refractivity contribution < 1.29 is 18.0 Å². The molecule has 10 heteroatoms. The van der Waals surface area contributed by atoms with Gasteiger partial charge in [0.05, 0.1) is 10.6 Å². The van der Waals surface area contributed by atoms with Gasteiger partial charge in [0.2, 0.25) is 5.82 Å². The summed E-state index contributed by atoms with van der Waals surface area (Å²) in [6.07, 6.45) is -4.64. The molecule has 0 bridgehead atoms. The fourth-order valence-electron chi connectivity index (χ4n) is 1.39. The minimum Gasteiger partial charge on any atom is -0.319 e. The lowest BCUT2D eigenvalue weighted by atomic mass is 10.2. The van der Waals surface area contributed by atoms with Gasteiger partial charge < -0.3 is 5.32 Å². The molecule has 0 atom stereocenters. The molecule has 2 aromatic rings. The van der Waals surface area contributed by atoms with Gasteiger partial charge in [-0.05, 0) is 18.2 Å². The summed E-state index contributed by atoms with van der Waals surface area (Å²) in [5, 5.41) is 6.98. The quantitative estimate of drug-likeness (QED) is 0.793. The molecule has 0 aliphatic rings. The highest BCUT2D eigenvalue weighted by Gasteiger charge is 2.33. The van der Waals surface area contributed by atoms with Crippen LogP contribution in [0.2, 0.25) is 5.02 Å². The molecule has 0 aliphatic carbocycles. The second-order valence-corrected chi connectivity index (χ2v) is 4.08. The molecule has 0 spiro atoms. The summed E-state index contributed by atoms with van der Waals surface area (Å²) in [5.41, 5.74) is -1.91. The summed E-state index contributed by atoms with van der Waals surface area (Å²) in [5.74, 6) is -1.21. The Hall–Kier alpha value is -2.29. The van der Waals surface area contributed by atoms with Crippen LogP contribution in [0.5, 0.6) is 0 Å². The van der Waals surface area contributed by atoms with E-state index in [0.717, 1.165) is 6.07 Å². The predicted octanol–water partition coefficient (Wildman–Crippen LogP) is 2.02. The summed E-state index contributed by atoms with van der Waals surface area (Å²) < 4.78 is 37.9. The maximum atomic E-state index is 12.6. The van der Waals surface area contributed by atoms with Gasteiger partial charge in [-0.2, -0.15) is 13.2 Å². The van der Waals surface area contributed by atoms with E-state index in [1.165, 1.54) is 6.07 Å². The Kier molecular flexibility index (Phi) is 3.53. The number of nitrogens with one attached hydrogen (secondary N) is 3. The largest absolute Gasteiger partial charge is 0.417 e. The Labute approximate surface area is 114 Å². The number of benzene rings is 1. The van der Waals surface area contributed by atoms with Crippen LogP contribution in [0.4, 0.5) is 18.9 Å². The summed E-state index contributed by atoms with van der Waals surface area (Å²) in [6, 6.07) is 2.89. The molecule has 6 nitrogen and oxygen atoms in total. The number of aromatic amines is 2.